The van der Waals surface area contributed by atoms with Crippen molar-refractivity contribution in [3.05, 3.63) is 72.2 Å². The number of hydrogen-bond acceptors (Lipinski definition) is 6. The predicted molar refractivity (Wildman–Crippen MR) is 121 cm³/mol. The van der Waals surface area contributed by atoms with Gasteiger partial charge >= 0.3 is 6.18 Å². The fourth-order valence-electron chi connectivity index (χ4n) is 5.09. The minimum Gasteiger partial charge on any atom is -0.299 e. The second-order valence-electron chi connectivity index (χ2n) is 9.26. The van der Waals surface area contributed by atoms with Gasteiger partial charge < -0.3 is 0 Å². The monoisotopic (exact) mass is 519 g/mol. The van der Waals surface area contributed by atoms with E-state index in [4.69, 9.17) is 0 Å². The summed E-state index contributed by atoms with van der Waals surface area (Å²) in [5.41, 5.74) is 0.243. The Labute approximate surface area is 204 Å². The molecule has 5 rings (SSSR count). The van der Waals surface area contributed by atoms with Gasteiger partial charge in [-0.15, -0.1) is 0 Å². The molecule has 2 aromatic heterocycles. The van der Waals surface area contributed by atoms with E-state index in [1.54, 1.807) is 6.07 Å². The van der Waals surface area contributed by atoms with E-state index in [0.29, 0.717) is 23.4 Å². The molecule has 2 saturated carbocycles. The molecule has 2 fully saturated rings. The first kappa shape index (κ1) is 24.5. The van der Waals surface area contributed by atoms with Crippen molar-refractivity contribution in [1.29, 1.82) is 0 Å². The SMILES string of the molecule is O=C(CCc1cc(-c2ccc(C(F)(F)F)nc2)ncn1)[C@@H]1C[C@H]2C[C@H]2C1S(=O)(=O)c1ccc(F)cc1. The van der Waals surface area contributed by atoms with Gasteiger partial charge in [0.2, 0.25) is 0 Å². The number of carbonyl (C=O) groups excluding carboxylic acids is 1. The molecule has 1 aromatic carbocycles. The maximum absolute atomic E-state index is 13.3. The van der Waals surface area contributed by atoms with Gasteiger partial charge in [-0.3, -0.25) is 9.78 Å². The van der Waals surface area contributed by atoms with Crippen LogP contribution in [-0.4, -0.2) is 34.4 Å². The number of pyridine rings is 1. The molecule has 0 saturated heterocycles. The van der Waals surface area contributed by atoms with Crippen LogP contribution in [0.4, 0.5) is 17.6 Å². The summed E-state index contributed by atoms with van der Waals surface area (Å²) in [5, 5.41) is -0.820. The number of rotatable bonds is 7. The summed E-state index contributed by atoms with van der Waals surface area (Å²) in [6.07, 6.45) is -0.612. The molecule has 36 heavy (non-hydrogen) atoms. The van der Waals surface area contributed by atoms with Crippen LogP contribution >= 0.6 is 0 Å². The summed E-state index contributed by atoms with van der Waals surface area (Å²) in [4.78, 5) is 24.8. The molecule has 188 valence electrons. The quantitative estimate of drug-likeness (QED) is 0.332. The standard InChI is InChI=1S/C25H21F4N3O3S/c26-16-2-5-18(6-3-16)36(34,35)24-19-9-15(19)10-20(24)22(33)7-4-17-11-21(32-13-31-17)14-1-8-23(30-12-14)25(27,28)29/h1-3,5-6,8,11-13,15,19-20,24H,4,7,9-10H2/t15-,19-,20+,24?/m1/s1. The molecule has 0 amide bonds. The lowest BCUT2D eigenvalue weighted by Crippen LogP contribution is -2.34. The summed E-state index contributed by atoms with van der Waals surface area (Å²) in [6, 6.07) is 8.39. The summed E-state index contributed by atoms with van der Waals surface area (Å²) in [5.74, 6) is -1.20. The van der Waals surface area contributed by atoms with E-state index in [-0.39, 0.29) is 35.4 Å². The second kappa shape index (κ2) is 9.02. The van der Waals surface area contributed by atoms with Gasteiger partial charge in [0.15, 0.2) is 9.84 Å². The van der Waals surface area contributed by atoms with Crippen molar-refractivity contribution in [2.75, 3.05) is 0 Å². The average molecular weight is 520 g/mol. The highest BCUT2D eigenvalue weighted by atomic mass is 32.2. The molecule has 0 N–H and O–H groups in total. The van der Waals surface area contributed by atoms with Crippen molar-refractivity contribution in [3.63, 3.8) is 0 Å². The Morgan fingerprint density at radius 1 is 1.00 bits per heavy atom. The van der Waals surface area contributed by atoms with Crippen molar-refractivity contribution in [1.82, 2.24) is 15.0 Å². The van der Waals surface area contributed by atoms with Crippen molar-refractivity contribution in [2.45, 2.75) is 42.0 Å². The van der Waals surface area contributed by atoms with Crippen LogP contribution in [0, 0.1) is 23.6 Å². The molecular weight excluding hydrogens is 498 g/mol. The molecule has 2 aliphatic carbocycles. The van der Waals surface area contributed by atoms with Crippen molar-refractivity contribution in [3.8, 4) is 11.3 Å². The summed E-state index contributed by atoms with van der Waals surface area (Å²) in [7, 11) is -3.80. The Morgan fingerprint density at radius 3 is 2.42 bits per heavy atom. The van der Waals surface area contributed by atoms with E-state index in [1.807, 2.05) is 0 Å². The van der Waals surface area contributed by atoms with Crippen molar-refractivity contribution >= 4 is 15.6 Å². The van der Waals surface area contributed by atoms with Gasteiger partial charge in [0, 0.05) is 29.8 Å². The Bertz CT molecular complexity index is 1390. The van der Waals surface area contributed by atoms with Gasteiger partial charge in [-0.2, -0.15) is 13.2 Å². The number of aromatic nitrogens is 3. The first-order chi connectivity index (χ1) is 17.0. The molecule has 0 aliphatic heterocycles. The van der Waals surface area contributed by atoms with Crippen LogP contribution in [0.3, 0.4) is 0 Å². The number of aryl methyl sites for hydroxylation is 1. The van der Waals surface area contributed by atoms with Crippen LogP contribution in [0.25, 0.3) is 11.3 Å². The van der Waals surface area contributed by atoms with Crippen LogP contribution < -0.4 is 0 Å². The van der Waals surface area contributed by atoms with Gasteiger partial charge in [-0.25, -0.2) is 22.8 Å². The van der Waals surface area contributed by atoms with E-state index in [0.717, 1.165) is 30.8 Å². The summed E-state index contributed by atoms with van der Waals surface area (Å²) < 4.78 is 78.1. The summed E-state index contributed by atoms with van der Waals surface area (Å²) >= 11 is 0. The van der Waals surface area contributed by atoms with Crippen LogP contribution in [0.1, 0.15) is 30.7 Å². The number of sulfone groups is 1. The lowest BCUT2D eigenvalue weighted by molar-refractivity contribution is -0.141. The normalized spacial score (nSPS) is 23.3. The maximum atomic E-state index is 13.3. The number of ketones is 1. The van der Waals surface area contributed by atoms with Crippen molar-refractivity contribution < 1.29 is 30.8 Å². The molecule has 1 unspecified atom stereocenters. The topological polar surface area (TPSA) is 89.9 Å². The fraction of sp³-hybridized carbons (Fsp3) is 0.360. The Balaban J connectivity index is 1.28. The number of halogens is 4. The minimum absolute atomic E-state index is 0.0184. The molecule has 11 heteroatoms. The molecular formula is C25H21F4N3O3S. The van der Waals surface area contributed by atoms with Gasteiger partial charge in [0.1, 0.15) is 23.6 Å². The fourth-order valence-corrected chi connectivity index (χ4v) is 7.41. The third kappa shape index (κ3) is 4.76. The summed E-state index contributed by atoms with van der Waals surface area (Å²) in [6.45, 7) is 0. The van der Waals surface area contributed by atoms with E-state index >= 15 is 0 Å². The molecule has 2 aliphatic rings. The smallest absolute Gasteiger partial charge is 0.299 e. The number of hydrogen-bond donors (Lipinski definition) is 0. The molecule has 6 nitrogen and oxygen atoms in total. The third-order valence-electron chi connectivity index (χ3n) is 6.97. The Hall–Kier alpha value is -3.21. The lowest BCUT2D eigenvalue weighted by Gasteiger charge is -2.22. The van der Waals surface area contributed by atoms with Gasteiger partial charge in [-0.1, -0.05) is 0 Å². The van der Waals surface area contributed by atoms with E-state index in [2.05, 4.69) is 15.0 Å². The number of nitrogens with zero attached hydrogens (tertiary/aromatic N) is 3. The number of alkyl halides is 3. The zero-order valence-electron chi connectivity index (χ0n) is 18.8. The van der Waals surface area contributed by atoms with Gasteiger partial charge in [-0.05, 0) is 73.6 Å². The zero-order chi connectivity index (χ0) is 25.7. The molecule has 0 spiro atoms. The minimum atomic E-state index is -4.54. The molecule has 2 heterocycles. The van der Waals surface area contributed by atoms with Crippen LogP contribution in [0.2, 0.25) is 0 Å². The number of Topliss-reactive ketones (excluding diaryl/α,β-unsaturated/α-hetero) is 1. The number of carbonyl (C=O) groups is 1. The molecule has 0 radical (unpaired) electrons. The second-order valence-corrected chi connectivity index (χ2v) is 11.4. The first-order valence-electron chi connectivity index (χ1n) is 11.4. The van der Waals surface area contributed by atoms with Crippen LogP contribution in [-0.2, 0) is 27.2 Å². The van der Waals surface area contributed by atoms with E-state index in [1.165, 1.54) is 24.5 Å². The average Bonchev–Trinajstić information content (AvgIpc) is 3.50. The Kier molecular flexibility index (Phi) is 6.14. The maximum Gasteiger partial charge on any atom is 0.433 e. The number of fused-ring (bicyclic) bond motifs is 1. The molecule has 3 aromatic rings. The highest BCUT2D eigenvalue weighted by Gasteiger charge is 2.60. The molecule has 0 bridgehead atoms. The highest BCUT2D eigenvalue weighted by molar-refractivity contribution is 7.92. The first-order valence-corrected chi connectivity index (χ1v) is 13.0. The van der Waals surface area contributed by atoms with Crippen LogP contribution in [0.15, 0.2) is 59.9 Å². The largest absolute Gasteiger partial charge is 0.433 e. The van der Waals surface area contributed by atoms with E-state index < -0.39 is 38.7 Å². The predicted octanol–water partition coefficient (Wildman–Crippen LogP) is 4.70. The van der Waals surface area contributed by atoms with E-state index in [9.17, 15) is 30.8 Å². The van der Waals surface area contributed by atoms with Crippen LogP contribution in [0.5, 0.6) is 0 Å². The van der Waals surface area contributed by atoms with Crippen molar-refractivity contribution in [2.24, 2.45) is 17.8 Å². The molecule has 4 atom stereocenters. The number of benzene rings is 1. The van der Waals surface area contributed by atoms with Gasteiger partial charge in [0.25, 0.3) is 0 Å². The lowest BCUT2D eigenvalue weighted by atomic mass is 9.94. The highest BCUT2D eigenvalue weighted by Crippen LogP contribution is 2.58. The van der Waals surface area contributed by atoms with Gasteiger partial charge in [0.05, 0.1) is 15.8 Å². The third-order valence-corrected chi connectivity index (χ3v) is 9.29. The zero-order valence-corrected chi connectivity index (χ0v) is 19.6. The Morgan fingerprint density at radius 2 is 1.75 bits per heavy atom.